The number of rotatable bonds is 2. The highest BCUT2D eigenvalue weighted by molar-refractivity contribution is 5.74. The predicted octanol–water partition coefficient (Wildman–Crippen LogP) is 1.95. The first kappa shape index (κ1) is 9.08. The molecule has 0 aliphatic heterocycles. The lowest BCUT2D eigenvalue weighted by Gasteiger charge is -1.95. The smallest absolute Gasteiger partial charge is 0.129 e. The van der Waals surface area contributed by atoms with Crippen LogP contribution in [0.3, 0.4) is 0 Å². The number of halogens is 1. The molecule has 3 rings (SSSR count). The molecule has 0 aliphatic carbocycles. The third-order valence-corrected chi connectivity index (χ3v) is 2.36. The van der Waals surface area contributed by atoms with E-state index in [-0.39, 0.29) is 5.82 Å². The number of aromatic nitrogens is 4. The van der Waals surface area contributed by atoms with Gasteiger partial charge in [-0.2, -0.15) is 5.10 Å². The molecule has 1 aromatic carbocycles. The zero-order valence-electron chi connectivity index (χ0n) is 8.39. The largest absolute Gasteiger partial charge is 0.340 e. The second-order valence-corrected chi connectivity index (χ2v) is 3.55. The van der Waals surface area contributed by atoms with Gasteiger partial charge in [-0.25, -0.2) is 9.37 Å². The Morgan fingerprint density at radius 2 is 2.31 bits per heavy atom. The van der Waals surface area contributed by atoms with Gasteiger partial charge in [0.05, 0.1) is 17.6 Å². The molecule has 0 bridgehead atoms. The molecule has 16 heavy (non-hydrogen) atoms. The van der Waals surface area contributed by atoms with E-state index in [1.807, 2.05) is 12.3 Å². The Balaban J connectivity index is 1.99. The fourth-order valence-corrected chi connectivity index (χ4v) is 1.66. The average Bonchev–Trinajstić information content (AvgIpc) is 2.86. The van der Waals surface area contributed by atoms with Crippen molar-refractivity contribution in [3.8, 4) is 0 Å². The van der Waals surface area contributed by atoms with E-state index in [0.29, 0.717) is 12.1 Å². The zero-order chi connectivity index (χ0) is 11.0. The SMILES string of the molecule is Fc1ccc2nc(Cn3cccn3)[nH]c2c1. The van der Waals surface area contributed by atoms with Crippen molar-refractivity contribution in [2.24, 2.45) is 0 Å². The number of H-pyrrole nitrogens is 1. The summed E-state index contributed by atoms with van der Waals surface area (Å²) in [7, 11) is 0. The minimum absolute atomic E-state index is 0.262. The lowest BCUT2D eigenvalue weighted by Crippen LogP contribution is -2.01. The quantitative estimate of drug-likeness (QED) is 0.711. The predicted molar refractivity (Wildman–Crippen MR) is 57.4 cm³/mol. The van der Waals surface area contributed by atoms with E-state index in [2.05, 4.69) is 15.1 Å². The molecule has 0 amide bonds. The molecule has 0 fully saturated rings. The van der Waals surface area contributed by atoms with E-state index in [9.17, 15) is 4.39 Å². The van der Waals surface area contributed by atoms with Crippen molar-refractivity contribution in [3.63, 3.8) is 0 Å². The topological polar surface area (TPSA) is 46.5 Å². The lowest BCUT2D eigenvalue weighted by atomic mass is 10.3. The van der Waals surface area contributed by atoms with Gasteiger partial charge in [-0.3, -0.25) is 4.68 Å². The molecule has 0 radical (unpaired) electrons. The fraction of sp³-hybridized carbons (Fsp3) is 0.0909. The summed E-state index contributed by atoms with van der Waals surface area (Å²) < 4.78 is 14.7. The summed E-state index contributed by atoms with van der Waals surface area (Å²) in [4.78, 5) is 7.41. The molecule has 5 heteroatoms. The van der Waals surface area contributed by atoms with Crippen LogP contribution in [0.2, 0.25) is 0 Å². The van der Waals surface area contributed by atoms with E-state index in [1.165, 1.54) is 12.1 Å². The summed E-state index contributed by atoms with van der Waals surface area (Å²) in [6, 6.07) is 6.35. The van der Waals surface area contributed by atoms with Gasteiger partial charge in [0.2, 0.25) is 0 Å². The van der Waals surface area contributed by atoms with Crippen molar-refractivity contribution in [3.05, 3.63) is 48.3 Å². The summed E-state index contributed by atoms with van der Waals surface area (Å²) in [5, 5.41) is 4.08. The molecule has 0 saturated heterocycles. The van der Waals surface area contributed by atoms with Crippen molar-refractivity contribution in [2.75, 3.05) is 0 Å². The molecule has 3 aromatic rings. The normalized spacial score (nSPS) is 11.1. The Morgan fingerprint density at radius 3 is 3.12 bits per heavy atom. The van der Waals surface area contributed by atoms with Gasteiger partial charge >= 0.3 is 0 Å². The number of fused-ring (bicyclic) bond motifs is 1. The molecule has 2 aromatic heterocycles. The number of aromatic amines is 1. The number of benzene rings is 1. The van der Waals surface area contributed by atoms with Gasteiger partial charge < -0.3 is 4.98 Å². The first-order valence-corrected chi connectivity index (χ1v) is 4.93. The van der Waals surface area contributed by atoms with Crippen molar-refractivity contribution in [2.45, 2.75) is 6.54 Å². The first-order chi connectivity index (χ1) is 7.81. The van der Waals surface area contributed by atoms with Crippen molar-refractivity contribution >= 4 is 11.0 Å². The number of nitrogens with one attached hydrogen (secondary N) is 1. The van der Waals surface area contributed by atoms with Crippen LogP contribution in [0.25, 0.3) is 11.0 Å². The Labute approximate surface area is 90.7 Å². The van der Waals surface area contributed by atoms with Gasteiger partial charge in [-0.15, -0.1) is 0 Å². The van der Waals surface area contributed by atoms with E-state index >= 15 is 0 Å². The minimum Gasteiger partial charge on any atom is -0.340 e. The van der Waals surface area contributed by atoms with Crippen LogP contribution < -0.4 is 0 Å². The molecule has 1 N–H and O–H groups in total. The summed E-state index contributed by atoms with van der Waals surface area (Å²) in [5.41, 5.74) is 1.48. The lowest BCUT2D eigenvalue weighted by molar-refractivity contribution is 0.629. The van der Waals surface area contributed by atoms with Crippen LogP contribution in [0, 0.1) is 5.82 Å². The van der Waals surface area contributed by atoms with Crippen LogP contribution in [0.1, 0.15) is 5.82 Å². The molecule has 0 aliphatic rings. The van der Waals surface area contributed by atoms with E-state index < -0.39 is 0 Å². The summed E-state index contributed by atoms with van der Waals surface area (Å²) in [5.74, 6) is 0.506. The summed E-state index contributed by atoms with van der Waals surface area (Å²) in [6.07, 6.45) is 3.57. The second-order valence-electron chi connectivity index (χ2n) is 3.55. The van der Waals surface area contributed by atoms with Gasteiger partial charge in [0, 0.05) is 12.4 Å². The van der Waals surface area contributed by atoms with Crippen LogP contribution in [0.5, 0.6) is 0 Å². The first-order valence-electron chi connectivity index (χ1n) is 4.93. The molecule has 4 nitrogen and oxygen atoms in total. The highest BCUT2D eigenvalue weighted by atomic mass is 19.1. The third-order valence-electron chi connectivity index (χ3n) is 2.36. The Bertz CT molecular complexity index is 612. The molecule has 2 heterocycles. The van der Waals surface area contributed by atoms with Crippen LogP contribution in [0.15, 0.2) is 36.7 Å². The highest BCUT2D eigenvalue weighted by Gasteiger charge is 2.04. The number of hydrogen-bond acceptors (Lipinski definition) is 2. The maximum atomic E-state index is 13.0. The molecule has 0 atom stereocenters. The molecular formula is C11H9FN4. The van der Waals surface area contributed by atoms with Crippen LogP contribution in [0.4, 0.5) is 4.39 Å². The molecule has 0 spiro atoms. The van der Waals surface area contributed by atoms with Crippen molar-refractivity contribution < 1.29 is 4.39 Å². The van der Waals surface area contributed by atoms with E-state index in [4.69, 9.17) is 0 Å². The number of imidazole rings is 1. The van der Waals surface area contributed by atoms with Gasteiger partial charge in [-0.05, 0) is 24.3 Å². The summed E-state index contributed by atoms with van der Waals surface area (Å²) in [6.45, 7) is 0.559. The molecule has 0 saturated carbocycles. The van der Waals surface area contributed by atoms with Crippen molar-refractivity contribution in [1.29, 1.82) is 0 Å². The van der Waals surface area contributed by atoms with Gasteiger partial charge in [0.15, 0.2) is 0 Å². The standard InChI is InChI=1S/C11H9FN4/c12-8-2-3-9-10(6-8)15-11(14-9)7-16-5-1-4-13-16/h1-6H,7H2,(H,14,15). The van der Waals surface area contributed by atoms with Gasteiger partial charge in [-0.1, -0.05) is 0 Å². The van der Waals surface area contributed by atoms with Crippen LogP contribution in [-0.4, -0.2) is 19.7 Å². The Morgan fingerprint density at radius 1 is 1.38 bits per heavy atom. The maximum absolute atomic E-state index is 13.0. The minimum atomic E-state index is -0.262. The Kier molecular flexibility index (Phi) is 1.96. The fourth-order valence-electron chi connectivity index (χ4n) is 1.66. The van der Waals surface area contributed by atoms with Gasteiger partial charge in [0.25, 0.3) is 0 Å². The highest BCUT2D eigenvalue weighted by Crippen LogP contribution is 2.13. The average molecular weight is 216 g/mol. The monoisotopic (exact) mass is 216 g/mol. The Hall–Kier alpha value is -2.17. The maximum Gasteiger partial charge on any atom is 0.129 e. The summed E-state index contributed by atoms with van der Waals surface area (Å²) >= 11 is 0. The number of nitrogens with zero attached hydrogens (tertiary/aromatic N) is 3. The van der Waals surface area contributed by atoms with E-state index in [0.717, 1.165) is 11.3 Å². The number of hydrogen-bond donors (Lipinski definition) is 1. The van der Waals surface area contributed by atoms with E-state index in [1.54, 1.807) is 16.9 Å². The van der Waals surface area contributed by atoms with Crippen molar-refractivity contribution in [1.82, 2.24) is 19.7 Å². The third kappa shape index (κ3) is 1.56. The molecule has 80 valence electrons. The molecule has 0 unspecified atom stereocenters. The second kappa shape index (κ2) is 3.44. The molecular weight excluding hydrogens is 207 g/mol. The van der Waals surface area contributed by atoms with Crippen LogP contribution in [-0.2, 0) is 6.54 Å². The van der Waals surface area contributed by atoms with Gasteiger partial charge in [0.1, 0.15) is 11.6 Å². The van der Waals surface area contributed by atoms with Crippen LogP contribution >= 0.6 is 0 Å². The zero-order valence-corrected chi connectivity index (χ0v) is 8.39.